The summed E-state index contributed by atoms with van der Waals surface area (Å²) in [5.74, 6) is 0.0317. The first-order chi connectivity index (χ1) is 13.2. The number of allylic oxidation sites excluding steroid dienone is 1. The van der Waals surface area contributed by atoms with Gasteiger partial charge in [0.05, 0.1) is 0 Å². The van der Waals surface area contributed by atoms with Crippen molar-refractivity contribution < 1.29 is 4.79 Å². The van der Waals surface area contributed by atoms with Gasteiger partial charge in [0.25, 0.3) is 5.91 Å². The Kier molecular flexibility index (Phi) is 5.47. The van der Waals surface area contributed by atoms with E-state index in [-0.39, 0.29) is 5.91 Å². The van der Waals surface area contributed by atoms with Crippen LogP contribution in [0.2, 0.25) is 0 Å². The van der Waals surface area contributed by atoms with Gasteiger partial charge < -0.3 is 9.88 Å². The fraction of sp³-hybridized carbons (Fsp3) is 0.458. The second-order valence-corrected chi connectivity index (χ2v) is 7.96. The summed E-state index contributed by atoms with van der Waals surface area (Å²) in [4.78, 5) is 12.4. The van der Waals surface area contributed by atoms with Gasteiger partial charge in [-0.1, -0.05) is 11.6 Å². The standard InChI is InChI=1S/C24H30N2O/c1-18-17-21-9-5-6-10-23(21)26(18)22-13-11-20(12-14-22)24(27)25-16-15-19-7-3-2-4-8-19/h7,11-14,17H,2-6,8-10,15-16H2,1H3,(H,25,27). The van der Waals surface area contributed by atoms with Gasteiger partial charge in [-0.3, -0.25) is 4.79 Å². The Morgan fingerprint density at radius 3 is 2.59 bits per heavy atom. The lowest BCUT2D eigenvalue weighted by atomic mass is 9.97. The summed E-state index contributed by atoms with van der Waals surface area (Å²) in [6.07, 6.45) is 13.3. The third-order valence-electron chi connectivity index (χ3n) is 5.99. The Morgan fingerprint density at radius 1 is 1.04 bits per heavy atom. The van der Waals surface area contributed by atoms with E-state index < -0.39 is 0 Å². The third kappa shape index (κ3) is 4.02. The van der Waals surface area contributed by atoms with Crippen molar-refractivity contribution in [2.45, 2.75) is 64.7 Å². The lowest BCUT2D eigenvalue weighted by molar-refractivity contribution is 0.0954. The molecule has 1 N–H and O–H groups in total. The maximum atomic E-state index is 12.4. The number of amides is 1. The molecule has 0 atom stereocenters. The van der Waals surface area contributed by atoms with Gasteiger partial charge in [0, 0.05) is 29.2 Å². The number of aromatic nitrogens is 1. The van der Waals surface area contributed by atoms with Crippen LogP contribution in [0.4, 0.5) is 0 Å². The molecule has 0 radical (unpaired) electrons. The van der Waals surface area contributed by atoms with E-state index in [9.17, 15) is 4.79 Å². The molecule has 1 heterocycles. The minimum atomic E-state index is 0.0317. The number of nitrogens with one attached hydrogen (secondary N) is 1. The number of aryl methyl sites for hydroxylation is 2. The van der Waals surface area contributed by atoms with E-state index in [0.717, 1.165) is 24.9 Å². The van der Waals surface area contributed by atoms with Crippen LogP contribution in [0.5, 0.6) is 0 Å². The van der Waals surface area contributed by atoms with E-state index in [0.29, 0.717) is 0 Å². The van der Waals surface area contributed by atoms with Crippen molar-refractivity contribution >= 4 is 5.91 Å². The van der Waals surface area contributed by atoms with Crippen molar-refractivity contribution in [2.75, 3.05) is 6.54 Å². The number of benzene rings is 1. The summed E-state index contributed by atoms with van der Waals surface area (Å²) in [6.45, 7) is 2.91. The average Bonchev–Trinajstić information content (AvgIpc) is 3.04. The fourth-order valence-corrected chi connectivity index (χ4v) is 4.54. The molecule has 2 aromatic rings. The second kappa shape index (κ2) is 8.16. The molecule has 1 aromatic carbocycles. The van der Waals surface area contributed by atoms with E-state index in [1.165, 1.54) is 73.2 Å². The lowest BCUT2D eigenvalue weighted by Crippen LogP contribution is -2.24. The molecule has 3 nitrogen and oxygen atoms in total. The van der Waals surface area contributed by atoms with Crippen molar-refractivity contribution in [1.29, 1.82) is 0 Å². The van der Waals surface area contributed by atoms with Crippen LogP contribution in [0.15, 0.2) is 42.0 Å². The van der Waals surface area contributed by atoms with Crippen LogP contribution in [0.1, 0.15) is 72.3 Å². The van der Waals surface area contributed by atoms with Crippen LogP contribution >= 0.6 is 0 Å². The van der Waals surface area contributed by atoms with Crippen LogP contribution in [-0.4, -0.2) is 17.0 Å². The maximum absolute atomic E-state index is 12.4. The molecule has 1 amide bonds. The summed E-state index contributed by atoms with van der Waals surface area (Å²) in [5, 5.41) is 3.08. The molecule has 0 aliphatic heterocycles. The first kappa shape index (κ1) is 18.1. The summed E-state index contributed by atoms with van der Waals surface area (Å²) >= 11 is 0. The first-order valence-corrected chi connectivity index (χ1v) is 10.5. The minimum Gasteiger partial charge on any atom is -0.352 e. The predicted molar refractivity (Wildman–Crippen MR) is 111 cm³/mol. The van der Waals surface area contributed by atoms with E-state index >= 15 is 0 Å². The number of fused-ring (bicyclic) bond motifs is 1. The number of carbonyl (C=O) groups excluding carboxylic acids is 1. The fourth-order valence-electron chi connectivity index (χ4n) is 4.54. The monoisotopic (exact) mass is 362 g/mol. The van der Waals surface area contributed by atoms with Crippen molar-refractivity contribution in [3.63, 3.8) is 0 Å². The first-order valence-electron chi connectivity index (χ1n) is 10.5. The number of nitrogens with zero attached hydrogens (tertiary/aromatic N) is 1. The van der Waals surface area contributed by atoms with Gasteiger partial charge in [-0.05, 0) is 101 Å². The molecule has 0 fully saturated rings. The topological polar surface area (TPSA) is 34.0 Å². The second-order valence-electron chi connectivity index (χ2n) is 7.96. The Morgan fingerprint density at radius 2 is 1.81 bits per heavy atom. The summed E-state index contributed by atoms with van der Waals surface area (Å²) in [7, 11) is 0. The van der Waals surface area contributed by atoms with Gasteiger partial charge in [0.2, 0.25) is 0 Å². The van der Waals surface area contributed by atoms with Gasteiger partial charge in [0.15, 0.2) is 0 Å². The molecule has 2 aliphatic carbocycles. The molecule has 0 spiro atoms. The van der Waals surface area contributed by atoms with Crippen LogP contribution in [0.25, 0.3) is 5.69 Å². The highest BCUT2D eigenvalue weighted by Crippen LogP contribution is 2.28. The van der Waals surface area contributed by atoms with Crippen molar-refractivity contribution in [2.24, 2.45) is 0 Å². The molecule has 142 valence electrons. The molecular weight excluding hydrogens is 332 g/mol. The van der Waals surface area contributed by atoms with Crippen molar-refractivity contribution in [3.8, 4) is 5.69 Å². The van der Waals surface area contributed by atoms with E-state index in [2.05, 4.69) is 41.1 Å². The van der Waals surface area contributed by atoms with Gasteiger partial charge in [-0.15, -0.1) is 0 Å². The van der Waals surface area contributed by atoms with Crippen LogP contribution in [0, 0.1) is 6.92 Å². The highest BCUT2D eigenvalue weighted by atomic mass is 16.1. The van der Waals surface area contributed by atoms with Gasteiger partial charge in [0.1, 0.15) is 0 Å². The number of hydrogen-bond acceptors (Lipinski definition) is 1. The molecular formula is C24H30N2O. The summed E-state index contributed by atoms with van der Waals surface area (Å²) in [6, 6.07) is 10.4. The zero-order chi connectivity index (χ0) is 18.6. The SMILES string of the molecule is Cc1cc2c(n1-c1ccc(C(=O)NCCC3=CCCCC3)cc1)CCCC2. The Balaban J connectivity index is 1.41. The van der Waals surface area contributed by atoms with Gasteiger partial charge in [-0.25, -0.2) is 0 Å². The third-order valence-corrected chi connectivity index (χ3v) is 5.99. The predicted octanol–water partition coefficient (Wildman–Crippen LogP) is 5.28. The van der Waals surface area contributed by atoms with Gasteiger partial charge >= 0.3 is 0 Å². The zero-order valence-corrected chi connectivity index (χ0v) is 16.4. The summed E-state index contributed by atoms with van der Waals surface area (Å²) < 4.78 is 2.37. The van der Waals surface area contributed by atoms with Gasteiger partial charge in [-0.2, -0.15) is 0 Å². The quantitative estimate of drug-likeness (QED) is 0.721. The lowest BCUT2D eigenvalue weighted by Gasteiger charge is -2.17. The summed E-state index contributed by atoms with van der Waals surface area (Å²) in [5.41, 5.74) is 7.66. The number of rotatable bonds is 5. The van der Waals surface area contributed by atoms with E-state index in [4.69, 9.17) is 0 Å². The zero-order valence-electron chi connectivity index (χ0n) is 16.4. The molecule has 0 saturated carbocycles. The van der Waals surface area contributed by atoms with Crippen LogP contribution in [0.3, 0.4) is 0 Å². The normalized spacial score (nSPS) is 16.6. The highest BCUT2D eigenvalue weighted by molar-refractivity contribution is 5.94. The van der Waals surface area contributed by atoms with Crippen LogP contribution < -0.4 is 5.32 Å². The molecule has 0 bridgehead atoms. The maximum Gasteiger partial charge on any atom is 0.251 e. The molecule has 27 heavy (non-hydrogen) atoms. The minimum absolute atomic E-state index is 0.0317. The molecule has 3 heteroatoms. The molecule has 2 aliphatic rings. The largest absolute Gasteiger partial charge is 0.352 e. The molecule has 1 aromatic heterocycles. The van der Waals surface area contributed by atoms with Crippen molar-refractivity contribution in [3.05, 3.63) is 64.5 Å². The smallest absolute Gasteiger partial charge is 0.251 e. The average molecular weight is 363 g/mol. The van der Waals surface area contributed by atoms with E-state index in [1.54, 1.807) is 0 Å². The number of carbonyl (C=O) groups is 1. The highest BCUT2D eigenvalue weighted by Gasteiger charge is 2.17. The van der Waals surface area contributed by atoms with Crippen molar-refractivity contribution in [1.82, 2.24) is 9.88 Å². The van der Waals surface area contributed by atoms with E-state index in [1.807, 2.05) is 12.1 Å². The Labute approximate surface area is 162 Å². The number of hydrogen-bond donors (Lipinski definition) is 1. The Bertz CT molecular complexity index is 842. The molecule has 0 saturated heterocycles. The van der Waals surface area contributed by atoms with Crippen LogP contribution in [-0.2, 0) is 12.8 Å². The molecule has 4 rings (SSSR count). The Hall–Kier alpha value is -2.29. The molecule has 0 unspecified atom stereocenters.